The Kier molecular flexibility index (Phi) is 3.98. The van der Waals surface area contributed by atoms with Crippen molar-refractivity contribution in [3.8, 4) is 11.3 Å². The van der Waals surface area contributed by atoms with Crippen LogP contribution in [0.3, 0.4) is 0 Å². The molecule has 0 bridgehead atoms. The molecule has 2 aromatic heterocycles. The molecule has 0 amide bonds. The Morgan fingerprint density at radius 3 is 2.67 bits per heavy atom. The number of hydrogen-bond acceptors (Lipinski definition) is 8. The number of thiazole rings is 1. The van der Waals surface area contributed by atoms with Gasteiger partial charge in [-0.1, -0.05) is 42.1 Å². The van der Waals surface area contributed by atoms with Crippen molar-refractivity contribution in [1.29, 1.82) is 0 Å². The molecule has 0 saturated carbocycles. The van der Waals surface area contributed by atoms with Gasteiger partial charge < -0.3 is 5.73 Å². The van der Waals surface area contributed by atoms with Crippen molar-refractivity contribution in [3.05, 3.63) is 35.7 Å². The molecule has 0 aliphatic rings. The lowest BCUT2D eigenvalue weighted by Crippen LogP contribution is -2.04. The van der Waals surface area contributed by atoms with Gasteiger partial charge in [0, 0.05) is 10.9 Å². The van der Waals surface area contributed by atoms with Crippen LogP contribution in [0, 0.1) is 0 Å². The molecule has 0 saturated heterocycles. The van der Waals surface area contributed by atoms with Crippen molar-refractivity contribution in [3.63, 3.8) is 0 Å². The number of anilines is 3. The first kappa shape index (κ1) is 13.8. The SMILES string of the molecule is CSc1nc(N)nc(Nc2nc(-c3ccccc3)cs2)n1. The molecule has 6 nitrogen and oxygen atoms in total. The predicted octanol–water partition coefficient (Wildman–Crippen LogP) is 3.04. The predicted molar refractivity (Wildman–Crippen MR) is 86.9 cm³/mol. The van der Waals surface area contributed by atoms with Gasteiger partial charge in [0.05, 0.1) is 5.69 Å². The molecular formula is C13H12N6S2. The maximum atomic E-state index is 5.65. The van der Waals surface area contributed by atoms with Gasteiger partial charge in [0.15, 0.2) is 10.3 Å². The molecule has 0 aliphatic heterocycles. The van der Waals surface area contributed by atoms with Crippen LogP contribution in [0.25, 0.3) is 11.3 Å². The molecule has 3 rings (SSSR count). The second-order valence-electron chi connectivity index (χ2n) is 4.03. The van der Waals surface area contributed by atoms with Crippen molar-refractivity contribution in [2.75, 3.05) is 17.3 Å². The van der Waals surface area contributed by atoms with Crippen LogP contribution in [0.5, 0.6) is 0 Å². The lowest BCUT2D eigenvalue weighted by atomic mass is 10.2. The van der Waals surface area contributed by atoms with Crippen molar-refractivity contribution in [2.45, 2.75) is 5.16 Å². The van der Waals surface area contributed by atoms with Crippen LogP contribution >= 0.6 is 23.1 Å². The average molecular weight is 316 g/mol. The van der Waals surface area contributed by atoms with Crippen molar-refractivity contribution >= 4 is 40.1 Å². The number of nitrogen functional groups attached to an aromatic ring is 1. The average Bonchev–Trinajstić information content (AvgIpc) is 2.96. The van der Waals surface area contributed by atoms with E-state index in [0.29, 0.717) is 16.2 Å². The normalized spacial score (nSPS) is 10.5. The van der Waals surface area contributed by atoms with E-state index in [9.17, 15) is 0 Å². The Balaban J connectivity index is 1.83. The molecular weight excluding hydrogens is 304 g/mol. The molecule has 0 unspecified atom stereocenters. The van der Waals surface area contributed by atoms with Crippen molar-refractivity contribution < 1.29 is 0 Å². The van der Waals surface area contributed by atoms with E-state index in [1.165, 1.54) is 23.1 Å². The highest BCUT2D eigenvalue weighted by Crippen LogP contribution is 2.26. The zero-order valence-electron chi connectivity index (χ0n) is 11.1. The van der Waals surface area contributed by atoms with E-state index in [0.717, 1.165) is 11.3 Å². The first-order chi connectivity index (χ1) is 10.2. The van der Waals surface area contributed by atoms with Crippen molar-refractivity contribution in [2.24, 2.45) is 0 Å². The summed E-state index contributed by atoms with van der Waals surface area (Å²) in [5.41, 5.74) is 7.64. The minimum atomic E-state index is 0.191. The van der Waals surface area contributed by atoms with Gasteiger partial charge in [-0.2, -0.15) is 15.0 Å². The zero-order chi connectivity index (χ0) is 14.7. The lowest BCUT2D eigenvalue weighted by molar-refractivity contribution is 0.927. The fraction of sp³-hybridized carbons (Fsp3) is 0.0769. The van der Waals surface area contributed by atoms with E-state index in [1.807, 2.05) is 42.0 Å². The molecule has 2 heterocycles. The van der Waals surface area contributed by atoms with Gasteiger partial charge in [-0.25, -0.2) is 4.98 Å². The number of nitrogens with zero attached hydrogens (tertiary/aromatic N) is 4. The molecule has 21 heavy (non-hydrogen) atoms. The van der Waals surface area contributed by atoms with Gasteiger partial charge in [0.2, 0.25) is 11.9 Å². The van der Waals surface area contributed by atoms with Gasteiger partial charge in [0.25, 0.3) is 0 Å². The monoisotopic (exact) mass is 316 g/mol. The van der Waals surface area contributed by atoms with E-state index >= 15 is 0 Å². The number of thioether (sulfide) groups is 1. The van der Waals surface area contributed by atoms with Gasteiger partial charge in [-0.15, -0.1) is 11.3 Å². The zero-order valence-corrected chi connectivity index (χ0v) is 12.8. The maximum Gasteiger partial charge on any atom is 0.234 e. The number of hydrogen-bond donors (Lipinski definition) is 2. The molecule has 106 valence electrons. The standard InChI is InChI=1S/C13H12N6S2/c1-20-12-17-10(14)16-11(18-12)19-13-15-9(7-21-13)8-5-3-2-4-6-8/h2-7H,1H3,(H3,14,15,16,17,18,19). The second kappa shape index (κ2) is 6.06. The van der Waals surface area contributed by atoms with Gasteiger partial charge in [0.1, 0.15) is 0 Å². The third kappa shape index (κ3) is 3.29. The molecule has 3 aromatic rings. The Bertz CT molecular complexity index is 743. The Hall–Kier alpha value is -2.19. The summed E-state index contributed by atoms with van der Waals surface area (Å²) < 4.78 is 0. The van der Waals surface area contributed by atoms with E-state index in [2.05, 4.69) is 25.3 Å². The number of aromatic nitrogens is 4. The molecule has 0 spiro atoms. The fourth-order valence-electron chi connectivity index (χ4n) is 1.69. The summed E-state index contributed by atoms with van der Waals surface area (Å²) in [6.07, 6.45) is 1.88. The van der Waals surface area contributed by atoms with Gasteiger partial charge >= 0.3 is 0 Å². The molecule has 0 atom stereocenters. The third-order valence-corrected chi connectivity index (χ3v) is 3.91. The minimum absolute atomic E-state index is 0.191. The van der Waals surface area contributed by atoms with E-state index in [1.54, 1.807) is 0 Å². The summed E-state index contributed by atoms with van der Waals surface area (Å²) in [6, 6.07) is 9.99. The number of benzene rings is 1. The largest absolute Gasteiger partial charge is 0.368 e. The van der Waals surface area contributed by atoms with Crippen molar-refractivity contribution in [1.82, 2.24) is 19.9 Å². The first-order valence-corrected chi connectivity index (χ1v) is 8.18. The van der Waals surface area contributed by atoms with Crippen LogP contribution in [0.15, 0.2) is 40.9 Å². The number of rotatable bonds is 4. The molecule has 0 fully saturated rings. The molecule has 8 heteroatoms. The van der Waals surface area contributed by atoms with Gasteiger partial charge in [-0.3, -0.25) is 5.32 Å². The quantitative estimate of drug-likeness (QED) is 0.715. The van der Waals surface area contributed by atoms with Crippen LogP contribution in [-0.2, 0) is 0 Å². The summed E-state index contributed by atoms with van der Waals surface area (Å²) in [6.45, 7) is 0. The molecule has 0 radical (unpaired) electrons. The van der Waals surface area contributed by atoms with Crippen LogP contribution in [0.2, 0.25) is 0 Å². The summed E-state index contributed by atoms with van der Waals surface area (Å²) in [5, 5.41) is 6.33. The van der Waals surface area contributed by atoms with Crippen LogP contribution in [-0.4, -0.2) is 26.2 Å². The second-order valence-corrected chi connectivity index (χ2v) is 5.66. The van der Waals surface area contributed by atoms with E-state index in [-0.39, 0.29) is 5.95 Å². The Morgan fingerprint density at radius 1 is 1.10 bits per heavy atom. The molecule has 3 N–H and O–H groups in total. The number of nitrogens with one attached hydrogen (secondary N) is 1. The highest BCUT2D eigenvalue weighted by Gasteiger charge is 2.08. The topological polar surface area (TPSA) is 89.6 Å². The summed E-state index contributed by atoms with van der Waals surface area (Å²) in [5.74, 6) is 0.595. The molecule has 1 aromatic carbocycles. The minimum Gasteiger partial charge on any atom is -0.368 e. The van der Waals surface area contributed by atoms with E-state index in [4.69, 9.17) is 5.73 Å². The van der Waals surface area contributed by atoms with Gasteiger partial charge in [-0.05, 0) is 6.26 Å². The van der Waals surface area contributed by atoms with E-state index < -0.39 is 0 Å². The molecule has 0 aliphatic carbocycles. The highest BCUT2D eigenvalue weighted by atomic mass is 32.2. The fourth-order valence-corrected chi connectivity index (χ4v) is 2.76. The number of nitrogens with two attached hydrogens (primary N) is 1. The summed E-state index contributed by atoms with van der Waals surface area (Å²) in [7, 11) is 0. The summed E-state index contributed by atoms with van der Waals surface area (Å²) >= 11 is 2.90. The third-order valence-electron chi connectivity index (χ3n) is 2.61. The summed E-state index contributed by atoms with van der Waals surface area (Å²) in [4.78, 5) is 16.8. The van der Waals surface area contributed by atoms with Crippen LogP contribution < -0.4 is 11.1 Å². The Morgan fingerprint density at radius 2 is 1.90 bits per heavy atom. The van der Waals surface area contributed by atoms with Crippen LogP contribution in [0.1, 0.15) is 0 Å². The Labute approximate surface area is 129 Å². The maximum absolute atomic E-state index is 5.65. The smallest absolute Gasteiger partial charge is 0.234 e. The van der Waals surface area contributed by atoms with Crippen LogP contribution in [0.4, 0.5) is 17.0 Å². The first-order valence-electron chi connectivity index (χ1n) is 6.08. The lowest BCUT2D eigenvalue weighted by Gasteiger charge is -2.03. The highest BCUT2D eigenvalue weighted by molar-refractivity contribution is 7.98.